The second kappa shape index (κ2) is 7.71. The van der Waals surface area contributed by atoms with E-state index in [0.717, 1.165) is 18.5 Å². The van der Waals surface area contributed by atoms with Crippen LogP contribution in [0.3, 0.4) is 0 Å². The third-order valence-corrected chi connectivity index (χ3v) is 2.94. The monoisotopic (exact) mass is 284 g/mol. The largest absolute Gasteiger partial charge is 0.477 e. The number of halogens is 1. The Kier molecular flexibility index (Phi) is 6.59. The average Bonchev–Trinajstić information content (AvgIpc) is 2.33. The van der Waals surface area contributed by atoms with Gasteiger partial charge in [-0.15, -0.1) is 0 Å². The summed E-state index contributed by atoms with van der Waals surface area (Å²) in [6, 6.07) is 1.92. The Morgan fingerprint density at radius 1 is 1.32 bits per heavy atom. The quantitative estimate of drug-likeness (QED) is 0.762. The van der Waals surface area contributed by atoms with Gasteiger partial charge in [-0.05, 0) is 38.8 Å². The van der Waals surface area contributed by atoms with Gasteiger partial charge in [0.15, 0.2) is 0 Å². The maximum absolute atomic E-state index is 6.18. The highest BCUT2D eigenvalue weighted by atomic mass is 35.5. The van der Waals surface area contributed by atoms with E-state index in [9.17, 15) is 0 Å². The van der Waals surface area contributed by atoms with Crippen molar-refractivity contribution in [2.24, 2.45) is 0 Å². The number of aromatic nitrogens is 1. The molecule has 0 atom stereocenters. The Morgan fingerprint density at radius 2 is 2.05 bits per heavy atom. The van der Waals surface area contributed by atoms with Crippen LogP contribution in [0.2, 0.25) is 5.02 Å². The summed E-state index contributed by atoms with van der Waals surface area (Å²) >= 11 is 6.18. The molecule has 0 aliphatic carbocycles. The molecule has 0 aliphatic heterocycles. The van der Waals surface area contributed by atoms with Gasteiger partial charge in [0.25, 0.3) is 0 Å². The maximum Gasteiger partial charge on any atom is 0.232 e. The van der Waals surface area contributed by atoms with Gasteiger partial charge in [-0.2, -0.15) is 0 Å². The van der Waals surface area contributed by atoms with Crippen molar-refractivity contribution in [2.45, 2.75) is 59.0 Å². The molecule has 0 radical (unpaired) electrons. The second-order valence-corrected chi connectivity index (χ2v) is 6.20. The number of hydrogen-bond donors (Lipinski definition) is 1. The number of rotatable bonds is 7. The van der Waals surface area contributed by atoms with Crippen molar-refractivity contribution in [1.82, 2.24) is 10.3 Å². The summed E-state index contributed by atoms with van der Waals surface area (Å²) in [5.74, 6) is 0.539. The van der Waals surface area contributed by atoms with E-state index in [0.29, 0.717) is 17.5 Å². The van der Waals surface area contributed by atoms with E-state index >= 15 is 0 Å². The molecule has 1 heterocycles. The molecule has 108 valence electrons. The number of ether oxygens (including phenoxy) is 1. The molecule has 19 heavy (non-hydrogen) atoms. The van der Waals surface area contributed by atoms with Gasteiger partial charge in [-0.25, -0.2) is 4.98 Å². The molecule has 0 aromatic carbocycles. The van der Waals surface area contributed by atoms with Crippen LogP contribution in [-0.4, -0.2) is 17.1 Å². The van der Waals surface area contributed by atoms with Crippen LogP contribution in [0, 0.1) is 0 Å². The molecule has 0 fully saturated rings. The second-order valence-electron chi connectivity index (χ2n) is 5.79. The van der Waals surface area contributed by atoms with Gasteiger partial charge < -0.3 is 10.1 Å². The third-order valence-electron chi connectivity index (χ3n) is 2.67. The SMILES string of the molecule is CCCCCOc1ncc(CNC(C)(C)C)cc1Cl. The molecular weight excluding hydrogens is 260 g/mol. The zero-order valence-electron chi connectivity index (χ0n) is 12.4. The van der Waals surface area contributed by atoms with Gasteiger partial charge in [0, 0.05) is 18.3 Å². The van der Waals surface area contributed by atoms with Crippen LogP contribution in [0.5, 0.6) is 5.88 Å². The zero-order valence-corrected chi connectivity index (χ0v) is 13.2. The molecule has 0 saturated heterocycles. The molecule has 1 rings (SSSR count). The lowest BCUT2D eigenvalue weighted by molar-refractivity contribution is 0.295. The van der Waals surface area contributed by atoms with Gasteiger partial charge in [0.2, 0.25) is 5.88 Å². The van der Waals surface area contributed by atoms with Gasteiger partial charge in [-0.1, -0.05) is 31.4 Å². The van der Waals surface area contributed by atoms with E-state index in [-0.39, 0.29) is 5.54 Å². The molecule has 0 bridgehead atoms. The van der Waals surface area contributed by atoms with Crippen LogP contribution in [0.25, 0.3) is 0 Å². The summed E-state index contributed by atoms with van der Waals surface area (Å²) in [7, 11) is 0. The third kappa shape index (κ3) is 6.79. The standard InChI is InChI=1S/C15H25ClN2O/c1-5-6-7-8-19-14-13(16)9-12(10-17-14)11-18-15(2,3)4/h9-10,18H,5-8,11H2,1-4H3. The lowest BCUT2D eigenvalue weighted by Gasteiger charge is -2.20. The number of nitrogens with zero attached hydrogens (tertiary/aromatic N) is 1. The average molecular weight is 285 g/mol. The van der Waals surface area contributed by atoms with Crippen LogP contribution in [-0.2, 0) is 6.54 Å². The van der Waals surface area contributed by atoms with Crippen molar-refractivity contribution in [1.29, 1.82) is 0 Å². The maximum atomic E-state index is 6.18. The molecule has 1 aromatic heterocycles. The molecule has 0 spiro atoms. The van der Waals surface area contributed by atoms with E-state index in [2.05, 4.69) is 38.0 Å². The predicted octanol–water partition coefficient (Wildman–Crippen LogP) is 4.19. The first-order chi connectivity index (χ1) is 8.92. The normalized spacial score (nSPS) is 11.6. The minimum Gasteiger partial charge on any atom is -0.477 e. The summed E-state index contributed by atoms with van der Waals surface area (Å²) in [5.41, 5.74) is 1.16. The highest BCUT2D eigenvalue weighted by molar-refractivity contribution is 6.31. The first-order valence-electron chi connectivity index (χ1n) is 6.94. The van der Waals surface area contributed by atoms with Crippen molar-refractivity contribution < 1.29 is 4.74 Å². The fourth-order valence-electron chi connectivity index (χ4n) is 1.56. The van der Waals surface area contributed by atoms with E-state index in [1.54, 1.807) is 0 Å². The van der Waals surface area contributed by atoms with Gasteiger partial charge in [0.1, 0.15) is 5.02 Å². The Balaban J connectivity index is 2.49. The number of nitrogens with one attached hydrogen (secondary N) is 1. The van der Waals surface area contributed by atoms with Crippen molar-refractivity contribution >= 4 is 11.6 Å². The zero-order chi connectivity index (χ0) is 14.3. The summed E-state index contributed by atoms with van der Waals surface area (Å²) < 4.78 is 5.58. The highest BCUT2D eigenvalue weighted by Crippen LogP contribution is 2.22. The Bertz CT molecular complexity index is 388. The minimum absolute atomic E-state index is 0.0851. The fraction of sp³-hybridized carbons (Fsp3) is 0.667. The Hall–Kier alpha value is -0.800. The van der Waals surface area contributed by atoms with Crippen LogP contribution < -0.4 is 10.1 Å². The molecule has 0 unspecified atom stereocenters. The lowest BCUT2D eigenvalue weighted by Crippen LogP contribution is -2.35. The minimum atomic E-state index is 0.0851. The highest BCUT2D eigenvalue weighted by Gasteiger charge is 2.10. The van der Waals surface area contributed by atoms with Crippen molar-refractivity contribution in [3.63, 3.8) is 0 Å². The number of unbranched alkanes of at least 4 members (excludes halogenated alkanes) is 2. The van der Waals surface area contributed by atoms with Crippen LogP contribution in [0.1, 0.15) is 52.5 Å². The summed E-state index contributed by atoms with van der Waals surface area (Å²) in [5, 5.41) is 3.99. The van der Waals surface area contributed by atoms with Crippen LogP contribution >= 0.6 is 11.6 Å². The van der Waals surface area contributed by atoms with Gasteiger partial charge in [-0.3, -0.25) is 0 Å². The van der Waals surface area contributed by atoms with E-state index in [1.807, 2.05) is 12.3 Å². The Labute approximate surface area is 121 Å². The van der Waals surface area contributed by atoms with E-state index < -0.39 is 0 Å². The summed E-state index contributed by atoms with van der Waals surface area (Å²) in [4.78, 5) is 4.28. The number of pyridine rings is 1. The van der Waals surface area contributed by atoms with Gasteiger partial charge >= 0.3 is 0 Å². The first-order valence-corrected chi connectivity index (χ1v) is 7.32. The summed E-state index contributed by atoms with van der Waals surface area (Å²) in [6.07, 6.45) is 5.22. The van der Waals surface area contributed by atoms with Crippen LogP contribution in [0.4, 0.5) is 0 Å². The smallest absolute Gasteiger partial charge is 0.232 e. The molecule has 1 aromatic rings. The molecule has 3 nitrogen and oxygen atoms in total. The van der Waals surface area contributed by atoms with Crippen LogP contribution in [0.15, 0.2) is 12.3 Å². The lowest BCUT2D eigenvalue weighted by atomic mass is 10.1. The molecule has 0 saturated carbocycles. The Morgan fingerprint density at radius 3 is 2.63 bits per heavy atom. The molecule has 0 aliphatic rings. The van der Waals surface area contributed by atoms with E-state index in [4.69, 9.17) is 16.3 Å². The predicted molar refractivity (Wildman–Crippen MR) is 80.9 cm³/mol. The van der Waals surface area contributed by atoms with Crippen molar-refractivity contribution in [3.05, 3.63) is 22.8 Å². The first kappa shape index (κ1) is 16.3. The molecule has 4 heteroatoms. The number of hydrogen-bond acceptors (Lipinski definition) is 3. The topological polar surface area (TPSA) is 34.1 Å². The molecular formula is C15H25ClN2O. The fourth-order valence-corrected chi connectivity index (χ4v) is 1.80. The van der Waals surface area contributed by atoms with Crippen molar-refractivity contribution in [2.75, 3.05) is 6.61 Å². The summed E-state index contributed by atoms with van der Waals surface area (Å²) in [6.45, 7) is 10.0. The van der Waals surface area contributed by atoms with Crippen molar-refractivity contribution in [3.8, 4) is 5.88 Å². The van der Waals surface area contributed by atoms with Gasteiger partial charge in [0.05, 0.1) is 6.61 Å². The molecule has 0 amide bonds. The van der Waals surface area contributed by atoms with E-state index in [1.165, 1.54) is 12.8 Å². The molecule has 1 N–H and O–H groups in total.